The van der Waals surface area contributed by atoms with Crippen LogP contribution in [0.15, 0.2) is 42.6 Å². The maximum atomic E-state index is 13.1. The van der Waals surface area contributed by atoms with Crippen molar-refractivity contribution in [3.05, 3.63) is 53.7 Å². The number of hydrogen-bond acceptors (Lipinski definition) is 8. The Hall–Kier alpha value is -2.50. The number of piperidine rings is 1. The Balaban J connectivity index is 1.25. The zero-order valence-electron chi connectivity index (χ0n) is 23.9. The molecule has 5 rings (SSSR count). The molecule has 1 aliphatic carbocycles. The number of nitrogens with zero attached hydrogens (tertiary/aromatic N) is 3. The highest BCUT2D eigenvalue weighted by Gasteiger charge is 2.29. The van der Waals surface area contributed by atoms with Gasteiger partial charge in [-0.15, -0.1) is 11.3 Å². The predicted molar refractivity (Wildman–Crippen MR) is 164 cm³/mol. The van der Waals surface area contributed by atoms with Gasteiger partial charge in [0.15, 0.2) is 0 Å². The molecule has 0 bridgehead atoms. The van der Waals surface area contributed by atoms with Gasteiger partial charge >= 0.3 is 0 Å². The van der Waals surface area contributed by atoms with Crippen LogP contribution in [0.1, 0.15) is 50.3 Å². The third-order valence-corrected chi connectivity index (χ3v) is 10.4. The number of hydrogen-bond donors (Lipinski definition) is 2. The van der Waals surface area contributed by atoms with Crippen molar-refractivity contribution in [1.82, 2.24) is 19.5 Å². The molecule has 40 heavy (non-hydrogen) atoms. The lowest BCUT2D eigenvalue weighted by atomic mass is 10.0. The number of sulfonamides is 1. The molecule has 2 heterocycles. The largest absolute Gasteiger partial charge is 0.489 e. The topological polar surface area (TPSA) is 101 Å². The van der Waals surface area contributed by atoms with Crippen LogP contribution in [0.25, 0.3) is 21.0 Å². The number of nitrogens with two attached hydrogens (primary N) is 1. The summed E-state index contributed by atoms with van der Waals surface area (Å²) in [5, 5.41) is 0.889. The van der Waals surface area contributed by atoms with E-state index in [1.165, 1.54) is 5.56 Å². The van der Waals surface area contributed by atoms with E-state index in [0.29, 0.717) is 24.0 Å². The fraction of sp³-hybridized carbons (Fsp3) is 0.500. The first kappa shape index (κ1) is 29.0. The van der Waals surface area contributed by atoms with Crippen LogP contribution in [0.5, 0.6) is 5.75 Å². The molecular weight excluding hydrogens is 542 g/mol. The Bertz CT molecular complexity index is 1430. The summed E-state index contributed by atoms with van der Waals surface area (Å²) in [6.45, 7) is 6.43. The van der Waals surface area contributed by atoms with Gasteiger partial charge in [0.25, 0.3) is 0 Å². The van der Waals surface area contributed by atoms with Crippen molar-refractivity contribution in [3.8, 4) is 26.8 Å². The lowest BCUT2D eigenvalue weighted by molar-refractivity contribution is 0.150. The minimum atomic E-state index is -3.40. The highest BCUT2D eigenvalue weighted by atomic mass is 32.2. The van der Waals surface area contributed by atoms with E-state index in [9.17, 15) is 8.42 Å². The molecule has 1 aromatic heterocycles. The minimum Gasteiger partial charge on any atom is -0.489 e. The van der Waals surface area contributed by atoms with Gasteiger partial charge in [0.05, 0.1) is 22.4 Å². The summed E-state index contributed by atoms with van der Waals surface area (Å²) in [6.07, 6.45) is 5.73. The zero-order valence-corrected chi connectivity index (χ0v) is 25.5. The number of thiazole rings is 1. The molecule has 2 aliphatic rings. The van der Waals surface area contributed by atoms with Crippen molar-refractivity contribution in [3.63, 3.8) is 0 Å². The summed E-state index contributed by atoms with van der Waals surface area (Å²) in [7, 11) is 0.838. The molecular formula is C30H41N5O3S2. The van der Waals surface area contributed by atoms with Gasteiger partial charge in [0, 0.05) is 30.4 Å². The molecule has 0 spiro atoms. The van der Waals surface area contributed by atoms with Crippen LogP contribution in [-0.2, 0) is 16.4 Å². The number of nitrogen functional groups attached to an aromatic ring is 1. The van der Waals surface area contributed by atoms with Crippen molar-refractivity contribution < 1.29 is 13.2 Å². The van der Waals surface area contributed by atoms with Gasteiger partial charge in [0.1, 0.15) is 10.8 Å². The number of ether oxygens (including phenoxy) is 1. The van der Waals surface area contributed by atoms with E-state index in [-0.39, 0.29) is 17.9 Å². The molecule has 1 saturated heterocycles. The fourth-order valence-corrected chi connectivity index (χ4v) is 8.03. The molecule has 0 saturated carbocycles. The van der Waals surface area contributed by atoms with Crippen LogP contribution in [0.4, 0.5) is 5.69 Å². The molecule has 3 aromatic rings. The average Bonchev–Trinajstić information content (AvgIpc) is 3.56. The Morgan fingerprint density at radius 3 is 2.65 bits per heavy atom. The smallest absolute Gasteiger partial charge is 0.213 e. The van der Waals surface area contributed by atoms with E-state index in [2.05, 4.69) is 45.7 Å². The van der Waals surface area contributed by atoms with E-state index in [4.69, 9.17) is 10.5 Å². The van der Waals surface area contributed by atoms with E-state index in [1.807, 2.05) is 44.3 Å². The second-order valence-corrected chi connectivity index (χ2v) is 14.3. The number of benzene rings is 2. The first-order valence-electron chi connectivity index (χ1n) is 14.1. The van der Waals surface area contributed by atoms with Crippen LogP contribution in [0.2, 0.25) is 0 Å². The summed E-state index contributed by atoms with van der Waals surface area (Å²) in [5.41, 5.74) is 11.2. The monoisotopic (exact) mass is 583 g/mol. The number of aromatic nitrogens is 1. The SMILES string of the molecule is CC(C)Oc1ccc(-c2ncc(-c3cccc4c3CC[C@@H]4NS(=O)(=O)CCN3CCC(N(C)C)CC3)s2)cc1N. The standard InChI is InChI=1S/C30H41N5O3S2/c1-20(2)38-28-11-8-21(18-26(28)31)30-32-19-29(39-30)25-7-5-6-24-23(25)9-10-27(24)33-40(36,37)17-16-35-14-12-22(13-15-35)34(3)4/h5-8,11,18-20,22,27,33H,9-10,12-17,31H2,1-4H3/t27-/m0/s1. The summed E-state index contributed by atoms with van der Waals surface area (Å²) < 4.78 is 34.9. The fourth-order valence-electron chi connectivity index (χ4n) is 5.77. The third-order valence-electron chi connectivity index (χ3n) is 7.95. The summed E-state index contributed by atoms with van der Waals surface area (Å²) >= 11 is 1.62. The van der Waals surface area contributed by atoms with Gasteiger partial charge in [-0.3, -0.25) is 0 Å². The third kappa shape index (κ3) is 6.69. The number of fused-ring (bicyclic) bond motifs is 1. The van der Waals surface area contributed by atoms with Crippen LogP contribution >= 0.6 is 11.3 Å². The Morgan fingerprint density at radius 1 is 1.18 bits per heavy atom. The second-order valence-electron chi connectivity index (χ2n) is 11.4. The molecule has 8 nitrogen and oxygen atoms in total. The summed E-state index contributed by atoms with van der Waals surface area (Å²) in [5.74, 6) is 0.812. The van der Waals surface area contributed by atoms with Crippen molar-refractivity contribution >= 4 is 27.0 Å². The van der Waals surface area contributed by atoms with Crippen LogP contribution < -0.4 is 15.2 Å². The first-order valence-corrected chi connectivity index (χ1v) is 16.6. The molecule has 216 valence electrons. The Kier molecular flexibility index (Phi) is 8.82. The number of rotatable bonds is 10. The van der Waals surface area contributed by atoms with Gasteiger partial charge in [-0.1, -0.05) is 18.2 Å². The molecule has 1 atom stereocenters. The number of likely N-dealkylation sites (tertiary alicyclic amines) is 1. The molecule has 10 heteroatoms. The molecule has 1 aliphatic heterocycles. The van der Waals surface area contributed by atoms with Crippen molar-refractivity contribution in [1.29, 1.82) is 0 Å². The van der Waals surface area contributed by atoms with E-state index in [1.54, 1.807) is 11.3 Å². The maximum Gasteiger partial charge on any atom is 0.213 e. The Morgan fingerprint density at radius 2 is 1.95 bits per heavy atom. The molecule has 0 amide bonds. The number of nitrogens with one attached hydrogen (secondary N) is 1. The second kappa shape index (κ2) is 12.2. The van der Waals surface area contributed by atoms with Crippen molar-refractivity contribution in [2.24, 2.45) is 0 Å². The van der Waals surface area contributed by atoms with Crippen LogP contribution in [0, 0.1) is 0 Å². The van der Waals surface area contributed by atoms with Crippen LogP contribution in [-0.4, -0.2) is 74.8 Å². The minimum absolute atomic E-state index is 0.0546. The number of anilines is 1. The van der Waals surface area contributed by atoms with E-state index >= 15 is 0 Å². The van der Waals surface area contributed by atoms with Gasteiger partial charge in [-0.25, -0.2) is 18.1 Å². The normalized spacial score (nSPS) is 18.5. The highest BCUT2D eigenvalue weighted by molar-refractivity contribution is 7.89. The molecule has 2 aromatic carbocycles. The lowest BCUT2D eigenvalue weighted by Gasteiger charge is -2.35. The highest BCUT2D eigenvalue weighted by Crippen LogP contribution is 2.41. The predicted octanol–water partition coefficient (Wildman–Crippen LogP) is 4.78. The lowest BCUT2D eigenvalue weighted by Crippen LogP contribution is -2.44. The van der Waals surface area contributed by atoms with Gasteiger partial charge in [0.2, 0.25) is 10.0 Å². The molecule has 0 radical (unpaired) electrons. The first-order chi connectivity index (χ1) is 19.1. The molecule has 3 N–H and O–H groups in total. The quantitative estimate of drug-likeness (QED) is 0.331. The summed E-state index contributed by atoms with van der Waals surface area (Å²) in [4.78, 5) is 10.3. The van der Waals surface area contributed by atoms with Gasteiger partial charge in [-0.2, -0.15) is 0 Å². The zero-order chi connectivity index (χ0) is 28.4. The van der Waals surface area contributed by atoms with E-state index < -0.39 is 10.0 Å². The van der Waals surface area contributed by atoms with Gasteiger partial charge in [-0.05, 0) is 102 Å². The Labute approximate surface area is 242 Å². The average molecular weight is 584 g/mol. The maximum absolute atomic E-state index is 13.1. The molecule has 1 fully saturated rings. The van der Waals surface area contributed by atoms with E-state index in [0.717, 1.165) is 65.3 Å². The summed E-state index contributed by atoms with van der Waals surface area (Å²) in [6, 6.07) is 12.4. The van der Waals surface area contributed by atoms with Crippen molar-refractivity contribution in [2.75, 3.05) is 45.2 Å². The van der Waals surface area contributed by atoms with Gasteiger partial charge < -0.3 is 20.3 Å². The van der Waals surface area contributed by atoms with Crippen LogP contribution in [0.3, 0.4) is 0 Å². The molecule has 0 unspecified atom stereocenters. The van der Waals surface area contributed by atoms with Crippen molar-refractivity contribution in [2.45, 2.75) is 57.7 Å².